The van der Waals surface area contributed by atoms with Crippen molar-refractivity contribution in [3.05, 3.63) is 0 Å². The van der Waals surface area contributed by atoms with Crippen LogP contribution in [0.25, 0.3) is 0 Å². The number of esters is 2. The van der Waals surface area contributed by atoms with E-state index >= 15 is 0 Å². The summed E-state index contributed by atoms with van der Waals surface area (Å²) in [5.74, 6) is -1.06. The molecule has 0 saturated carbocycles. The minimum atomic E-state index is -0.396. The van der Waals surface area contributed by atoms with E-state index in [2.05, 4.69) is 4.74 Å². The Hall–Kier alpha value is -1.06. The first-order valence-electron chi connectivity index (χ1n) is 3.96. The quantitative estimate of drug-likeness (QED) is 0.569. The molecule has 68 valence electrons. The van der Waals surface area contributed by atoms with Crippen molar-refractivity contribution < 1.29 is 19.1 Å². The van der Waals surface area contributed by atoms with Gasteiger partial charge in [-0.15, -0.1) is 0 Å². The van der Waals surface area contributed by atoms with Gasteiger partial charge < -0.3 is 9.47 Å². The van der Waals surface area contributed by atoms with Gasteiger partial charge in [0, 0.05) is 0 Å². The summed E-state index contributed by atoms with van der Waals surface area (Å²) in [7, 11) is 1.32. The second-order valence-electron chi connectivity index (χ2n) is 2.77. The summed E-state index contributed by atoms with van der Waals surface area (Å²) in [4.78, 5) is 21.9. The molecule has 12 heavy (non-hydrogen) atoms. The van der Waals surface area contributed by atoms with Crippen LogP contribution < -0.4 is 0 Å². The molecule has 0 radical (unpaired) electrons. The summed E-state index contributed by atoms with van der Waals surface area (Å²) in [6.07, 6.45) is 0.529. The molecule has 0 unspecified atom stereocenters. The SMILES string of the molecule is CC[C@H]1OC(=O)C[C@@H]1C(=O)OC. The number of carbonyl (C=O) groups is 2. The molecular formula is C8H12O4. The van der Waals surface area contributed by atoms with Crippen molar-refractivity contribution in [2.75, 3.05) is 7.11 Å². The fraction of sp³-hybridized carbons (Fsp3) is 0.750. The van der Waals surface area contributed by atoms with Gasteiger partial charge in [-0.05, 0) is 6.42 Å². The molecule has 1 rings (SSSR count). The fourth-order valence-electron chi connectivity index (χ4n) is 1.36. The van der Waals surface area contributed by atoms with Crippen molar-refractivity contribution in [2.45, 2.75) is 25.9 Å². The third kappa shape index (κ3) is 1.57. The van der Waals surface area contributed by atoms with Crippen LogP contribution in [0.4, 0.5) is 0 Å². The smallest absolute Gasteiger partial charge is 0.313 e. The molecule has 1 aliphatic heterocycles. The van der Waals surface area contributed by atoms with Crippen molar-refractivity contribution in [2.24, 2.45) is 5.92 Å². The lowest BCUT2D eigenvalue weighted by molar-refractivity contribution is -0.147. The predicted molar refractivity (Wildman–Crippen MR) is 40.3 cm³/mol. The normalized spacial score (nSPS) is 28.3. The molecule has 1 fully saturated rings. The van der Waals surface area contributed by atoms with Crippen LogP contribution in [0.15, 0.2) is 0 Å². The molecule has 1 aliphatic rings. The molecule has 2 atom stereocenters. The maximum absolute atomic E-state index is 11.1. The van der Waals surface area contributed by atoms with Gasteiger partial charge in [-0.1, -0.05) is 6.92 Å². The molecule has 0 aliphatic carbocycles. The highest BCUT2D eigenvalue weighted by Gasteiger charge is 2.39. The van der Waals surface area contributed by atoms with Crippen molar-refractivity contribution in [3.63, 3.8) is 0 Å². The number of hydrogen-bond donors (Lipinski definition) is 0. The van der Waals surface area contributed by atoms with Gasteiger partial charge in [0.05, 0.1) is 13.5 Å². The highest BCUT2D eigenvalue weighted by Crippen LogP contribution is 2.25. The summed E-state index contributed by atoms with van der Waals surface area (Å²) in [5.41, 5.74) is 0. The van der Waals surface area contributed by atoms with Crippen LogP contribution in [-0.4, -0.2) is 25.2 Å². The van der Waals surface area contributed by atoms with E-state index in [1.165, 1.54) is 7.11 Å². The molecule has 0 aromatic heterocycles. The summed E-state index contributed by atoms with van der Waals surface area (Å²) >= 11 is 0. The first-order chi connectivity index (χ1) is 5.69. The summed E-state index contributed by atoms with van der Waals surface area (Å²) in [6.45, 7) is 1.87. The zero-order valence-corrected chi connectivity index (χ0v) is 7.20. The largest absolute Gasteiger partial charge is 0.469 e. The van der Waals surface area contributed by atoms with Crippen molar-refractivity contribution in [3.8, 4) is 0 Å². The Labute approximate surface area is 70.8 Å². The van der Waals surface area contributed by atoms with E-state index in [-0.39, 0.29) is 24.5 Å². The average molecular weight is 172 g/mol. The Morgan fingerprint density at radius 3 is 2.92 bits per heavy atom. The van der Waals surface area contributed by atoms with Gasteiger partial charge in [0.1, 0.15) is 12.0 Å². The molecule has 1 heterocycles. The topological polar surface area (TPSA) is 52.6 Å². The third-order valence-electron chi connectivity index (χ3n) is 2.02. The summed E-state index contributed by atoms with van der Waals surface area (Å²) in [6, 6.07) is 0. The Bertz CT molecular complexity index is 199. The Kier molecular flexibility index (Phi) is 2.68. The van der Waals surface area contributed by atoms with Crippen LogP contribution in [0.2, 0.25) is 0 Å². The molecule has 0 bridgehead atoms. The lowest BCUT2D eigenvalue weighted by atomic mass is 10.00. The average Bonchev–Trinajstić information content (AvgIpc) is 2.45. The van der Waals surface area contributed by atoms with E-state index in [0.717, 1.165) is 0 Å². The summed E-state index contributed by atoms with van der Waals surface area (Å²) < 4.78 is 9.45. The number of hydrogen-bond acceptors (Lipinski definition) is 4. The van der Waals surface area contributed by atoms with Crippen molar-refractivity contribution in [1.82, 2.24) is 0 Å². The second-order valence-corrected chi connectivity index (χ2v) is 2.77. The number of rotatable bonds is 2. The van der Waals surface area contributed by atoms with Crippen molar-refractivity contribution in [1.29, 1.82) is 0 Å². The van der Waals surface area contributed by atoms with Crippen LogP contribution in [0.5, 0.6) is 0 Å². The number of carbonyl (C=O) groups excluding carboxylic acids is 2. The van der Waals surface area contributed by atoms with Crippen LogP contribution in [0.1, 0.15) is 19.8 Å². The molecule has 0 aromatic rings. The van der Waals surface area contributed by atoms with Gasteiger partial charge in [-0.25, -0.2) is 0 Å². The Morgan fingerprint density at radius 1 is 1.75 bits per heavy atom. The number of ether oxygens (including phenoxy) is 2. The maximum atomic E-state index is 11.1. The molecule has 4 heteroatoms. The minimum Gasteiger partial charge on any atom is -0.469 e. The highest BCUT2D eigenvalue weighted by molar-refractivity contribution is 5.83. The zero-order valence-electron chi connectivity index (χ0n) is 7.20. The lowest BCUT2D eigenvalue weighted by Gasteiger charge is -2.12. The van der Waals surface area contributed by atoms with Crippen molar-refractivity contribution >= 4 is 11.9 Å². The van der Waals surface area contributed by atoms with E-state index in [9.17, 15) is 9.59 Å². The maximum Gasteiger partial charge on any atom is 0.313 e. The van der Waals surface area contributed by atoms with Gasteiger partial charge >= 0.3 is 11.9 Å². The first kappa shape index (κ1) is 9.03. The molecular weight excluding hydrogens is 160 g/mol. The van der Waals surface area contributed by atoms with E-state index in [4.69, 9.17) is 4.74 Å². The van der Waals surface area contributed by atoms with Gasteiger partial charge in [-0.2, -0.15) is 0 Å². The van der Waals surface area contributed by atoms with E-state index in [1.54, 1.807) is 0 Å². The molecule has 4 nitrogen and oxygen atoms in total. The number of methoxy groups -OCH3 is 1. The van der Waals surface area contributed by atoms with Gasteiger partial charge in [-0.3, -0.25) is 9.59 Å². The molecule has 0 aromatic carbocycles. The van der Waals surface area contributed by atoms with Crippen LogP contribution in [-0.2, 0) is 19.1 Å². The minimum absolute atomic E-state index is 0.158. The Morgan fingerprint density at radius 2 is 2.42 bits per heavy atom. The van der Waals surface area contributed by atoms with E-state index < -0.39 is 5.92 Å². The second kappa shape index (κ2) is 3.56. The number of cyclic esters (lactones) is 1. The third-order valence-corrected chi connectivity index (χ3v) is 2.02. The predicted octanol–water partition coefficient (Wildman–Crippen LogP) is 0.501. The standard InChI is InChI=1S/C8H12O4/c1-3-6-5(8(10)11-2)4-7(9)12-6/h5-6H,3-4H2,1-2H3/t5-,6+/m0/s1. The molecule has 0 amide bonds. The van der Waals surface area contributed by atoms with Crippen LogP contribution in [0, 0.1) is 5.92 Å². The first-order valence-corrected chi connectivity index (χ1v) is 3.96. The molecule has 0 spiro atoms. The van der Waals surface area contributed by atoms with E-state index in [0.29, 0.717) is 6.42 Å². The van der Waals surface area contributed by atoms with Crippen LogP contribution in [0.3, 0.4) is 0 Å². The van der Waals surface area contributed by atoms with Gasteiger partial charge in [0.15, 0.2) is 0 Å². The van der Waals surface area contributed by atoms with Gasteiger partial charge in [0.25, 0.3) is 0 Å². The summed E-state index contributed by atoms with van der Waals surface area (Å²) in [5, 5.41) is 0. The fourth-order valence-corrected chi connectivity index (χ4v) is 1.36. The van der Waals surface area contributed by atoms with Gasteiger partial charge in [0.2, 0.25) is 0 Å². The molecule has 0 N–H and O–H groups in total. The highest BCUT2D eigenvalue weighted by atomic mass is 16.6. The van der Waals surface area contributed by atoms with Crippen LogP contribution >= 0.6 is 0 Å². The zero-order chi connectivity index (χ0) is 9.14. The van der Waals surface area contributed by atoms with E-state index in [1.807, 2.05) is 6.92 Å². The Balaban J connectivity index is 2.63. The lowest BCUT2D eigenvalue weighted by Crippen LogP contribution is -2.24. The monoisotopic (exact) mass is 172 g/mol. The molecule has 1 saturated heterocycles.